The van der Waals surface area contributed by atoms with Gasteiger partial charge in [-0.05, 0) is 37.6 Å². The Morgan fingerprint density at radius 1 is 1.32 bits per heavy atom. The quantitative estimate of drug-likeness (QED) is 0.833. The third-order valence-electron chi connectivity index (χ3n) is 2.67. The van der Waals surface area contributed by atoms with E-state index in [4.69, 9.17) is 0 Å². The largest absolute Gasteiger partial charge is 0.319 e. The van der Waals surface area contributed by atoms with Gasteiger partial charge >= 0.3 is 0 Å². The Morgan fingerprint density at radius 3 is 2.58 bits per heavy atom. The number of H-pyrrole nitrogens is 1. The van der Waals surface area contributed by atoms with Crippen LogP contribution in [0.15, 0.2) is 30.3 Å². The van der Waals surface area contributed by atoms with Gasteiger partial charge in [-0.25, -0.2) is 4.39 Å². The molecule has 0 atom stereocenters. The molecule has 2 aromatic rings. The zero-order chi connectivity index (χ0) is 13.8. The summed E-state index contributed by atoms with van der Waals surface area (Å²) in [6.07, 6.45) is 3.03. The predicted molar refractivity (Wildman–Crippen MR) is 72.1 cm³/mol. The summed E-state index contributed by atoms with van der Waals surface area (Å²) in [7, 11) is 0. The van der Waals surface area contributed by atoms with E-state index in [1.807, 2.05) is 13.8 Å². The minimum absolute atomic E-state index is 0.253. The summed E-state index contributed by atoms with van der Waals surface area (Å²) in [4.78, 5) is 11.7. The molecule has 0 aliphatic rings. The van der Waals surface area contributed by atoms with E-state index in [9.17, 15) is 9.18 Å². The van der Waals surface area contributed by atoms with E-state index in [0.717, 1.165) is 17.0 Å². The Labute approximate surface area is 110 Å². The number of amides is 1. The molecule has 1 heterocycles. The van der Waals surface area contributed by atoms with E-state index >= 15 is 0 Å². The van der Waals surface area contributed by atoms with Crippen molar-refractivity contribution in [2.45, 2.75) is 13.8 Å². The Bertz CT molecular complexity index is 595. The second kappa shape index (κ2) is 5.48. The van der Waals surface area contributed by atoms with Crippen LogP contribution in [-0.4, -0.2) is 16.1 Å². The summed E-state index contributed by atoms with van der Waals surface area (Å²) in [6, 6.07) is 5.91. The molecule has 2 N–H and O–H groups in total. The van der Waals surface area contributed by atoms with Gasteiger partial charge in [0, 0.05) is 6.08 Å². The topological polar surface area (TPSA) is 57.8 Å². The minimum Gasteiger partial charge on any atom is -0.319 e. The molecule has 1 amide bonds. The van der Waals surface area contributed by atoms with Gasteiger partial charge in [0.25, 0.3) is 0 Å². The van der Waals surface area contributed by atoms with Gasteiger partial charge in [0.15, 0.2) is 0 Å². The second-order valence-corrected chi connectivity index (χ2v) is 4.18. The van der Waals surface area contributed by atoms with Crippen LogP contribution in [0.2, 0.25) is 0 Å². The number of carbonyl (C=O) groups is 1. The Morgan fingerprint density at radius 2 is 2.00 bits per heavy atom. The molecule has 0 aliphatic heterocycles. The number of nitrogens with zero attached hydrogens (tertiary/aromatic N) is 1. The highest BCUT2D eigenvalue weighted by atomic mass is 19.1. The van der Waals surface area contributed by atoms with Crippen LogP contribution in [0.3, 0.4) is 0 Å². The maximum absolute atomic E-state index is 12.7. The standard InChI is InChI=1S/C14H14FN3O/c1-9-14(10(2)18-17-9)16-13(19)8-5-11-3-6-12(15)7-4-11/h3-8H,1-2H3,(H,16,19)(H,17,18)/b8-5+. The molecule has 0 radical (unpaired) electrons. The van der Waals surface area contributed by atoms with E-state index in [2.05, 4.69) is 15.5 Å². The molecule has 0 aliphatic carbocycles. The first-order valence-electron chi connectivity index (χ1n) is 5.82. The zero-order valence-electron chi connectivity index (χ0n) is 10.7. The van der Waals surface area contributed by atoms with Crippen LogP contribution in [0.1, 0.15) is 17.0 Å². The molecule has 1 aromatic heterocycles. The van der Waals surface area contributed by atoms with Gasteiger partial charge in [0.05, 0.1) is 17.1 Å². The molecule has 1 aromatic carbocycles. The second-order valence-electron chi connectivity index (χ2n) is 4.18. The molecule has 4 nitrogen and oxygen atoms in total. The molecule has 0 saturated carbocycles. The van der Waals surface area contributed by atoms with Crippen molar-refractivity contribution in [3.63, 3.8) is 0 Å². The number of nitrogens with one attached hydrogen (secondary N) is 2. The number of benzene rings is 1. The number of aromatic amines is 1. The highest BCUT2D eigenvalue weighted by Gasteiger charge is 2.07. The number of rotatable bonds is 3. The van der Waals surface area contributed by atoms with E-state index < -0.39 is 0 Å². The SMILES string of the molecule is Cc1n[nH]c(C)c1NC(=O)/C=C/c1ccc(F)cc1. The molecular weight excluding hydrogens is 245 g/mol. The molecule has 19 heavy (non-hydrogen) atoms. The highest BCUT2D eigenvalue weighted by Crippen LogP contribution is 2.16. The third-order valence-corrected chi connectivity index (χ3v) is 2.67. The highest BCUT2D eigenvalue weighted by molar-refractivity contribution is 6.02. The summed E-state index contributed by atoms with van der Waals surface area (Å²) < 4.78 is 12.7. The van der Waals surface area contributed by atoms with Crippen molar-refractivity contribution in [2.24, 2.45) is 0 Å². The molecule has 0 spiro atoms. The van der Waals surface area contributed by atoms with Crippen molar-refractivity contribution in [3.05, 3.63) is 53.1 Å². The number of carbonyl (C=O) groups excluding carboxylic acids is 1. The summed E-state index contributed by atoms with van der Waals surface area (Å²) in [5.41, 5.74) is 2.99. The van der Waals surface area contributed by atoms with Crippen LogP contribution in [-0.2, 0) is 4.79 Å². The summed E-state index contributed by atoms with van der Waals surface area (Å²) in [5, 5.41) is 9.53. The smallest absolute Gasteiger partial charge is 0.248 e. The lowest BCUT2D eigenvalue weighted by atomic mass is 10.2. The molecule has 5 heteroatoms. The molecular formula is C14H14FN3O. The average molecular weight is 259 g/mol. The molecule has 0 unspecified atom stereocenters. The first-order chi connectivity index (χ1) is 9.06. The monoisotopic (exact) mass is 259 g/mol. The van der Waals surface area contributed by atoms with Crippen molar-refractivity contribution < 1.29 is 9.18 Å². The van der Waals surface area contributed by atoms with Gasteiger partial charge in [-0.1, -0.05) is 12.1 Å². The van der Waals surface area contributed by atoms with Gasteiger partial charge in [0.2, 0.25) is 5.91 Å². The van der Waals surface area contributed by atoms with Crippen molar-refractivity contribution in [1.29, 1.82) is 0 Å². The van der Waals surface area contributed by atoms with E-state index in [1.54, 1.807) is 18.2 Å². The fourth-order valence-electron chi connectivity index (χ4n) is 1.65. The maximum atomic E-state index is 12.7. The molecule has 0 saturated heterocycles. The maximum Gasteiger partial charge on any atom is 0.248 e. The fourth-order valence-corrected chi connectivity index (χ4v) is 1.65. The van der Waals surface area contributed by atoms with E-state index in [-0.39, 0.29) is 11.7 Å². The predicted octanol–water partition coefficient (Wildman–Crippen LogP) is 2.82. The molecule has 0 bridgehead atoms. The third kappa shape index (κ3) is 3.28. The lowest BCUT2D eigenvalue weighted by Gasteiger charge is -2.01. The van der Waals surface area contributed by atoms with E-state index in [0.29, 0.717) is 5.69 Å². The Kier molecular flexibility index (Phi) is 3.75. The first kappa shape index (κ1) is 13.0. The van der Waals surface area contributed by atoms with Gasteiger partial charge in [-0.2, -0.15) is 5.10 Å². The van der Waals surface area contributed by atoms with Gasteiger partial charge < -0.3 is 5.32 Å². The fraction of sp³-hybridized carbons (Fsp3) is 0.143. The van der Waals surface area contributed by atoms with Crippen LogP contribution in [0.5, 0.6) is 0 Å². The van der Waals surface area contributed by atoms with E-state index in [1.165, 1.54) is 18.2 Å². The number of halogens is 1. The molecule has 2 rings (SSSR count). The van der Waals surface area contributed by atoms with Crippen LogP contribution >= 0.6 is 0 Å². The first-order valence-corrected chi connectivity index (χ1v) is 5.82. The van der Waals surface area contributed by atoms with Crippen LogP contribution < -0.4 is 5.32 Å². The van der Waals surface area contributed by atoms with Crippen molar-refractivity contribution in [3.8, 4) is 0 Å². The number of aryl methyl sites for hydroxylation is 2. The van der Waals surface area contributed by atoms with Gasteiger partial charge in [-0.3, -0.25) is 9.89 Å². The number of hydrogen-bond acceptors (Lipinski definition) is 2. The lowest BCUT2D eigenvalue weighted by molar-refractivity contribution is -0.111. The summed E-state index contributed by atoms with van der Waals surface area (Å²) in [5.74, 6) is -0.553. The summed E-state index contributed by atoms with van der Waals surface area (Å²) >= 11 is 0. The normalized spacial score (nSPS) is 10.9. The van der Waals surface area contributed by atoms with Gasteiger partial charge in [-0.15, -0.1) is 0 Å². The molecule has 0 fully saturated rings. The van der Waals surface area contributed by atoms with Gasteiger partial charge in [0.1, 0.15) is 5.82 Å². The Hall–Kier alpha value is -2.43. The number of anilines is 1. The van der Waals surface area contributed by atoms with Crippen LogP contribution in [0, 0.1) is 19.7 Å². The molecule has 98 valence electrons. The van der Waals surface area contributed by atoms with Crippen molar-refractivity contribution >= 4 is 17.7 Å². The summed E-state index contributed by atoms with van der Waals surface area (Å²) in [6.45, 7) is 3.64. The lowest BCUT2D eigenvalue weighted by Crippen LogP contribution is -2.09. The van der Waals surface area contributed by atoms with Crippen LogP contribution in [0.4, 0.5) is 10.1 Å². The zero-order valence-corrected chi connectivity index (χ0v) is 10.7. The van der Waals surface area contributed by atoms with Crippen molar-refractivity contribution in [2.75, 3.05) is 5.32 Å². The van der Waals surface area contributed by atoms with Crippen LogP contribution in [0.25, 0.3) is 6.08 Å². The number of hydrogen-bond donors (Lipinski definition) is 2. The minimum atomic E-state index is -0.300. The Balaban J connectivity index is 2.04. The van der Waals surface area contributed by atoms with Crippen molar-refractivity contribution in [1.82, 2.24) is 10.2 Å². The number of aromatic nitrogens is 2. The average Bonchev–Trinajstić information content (AvgIpc) is 2.70.